The van der Waals surface area contributed by atoms with Crippen LogP contribution in [0.3, 0.4) is 0 Å². The summed E-state index contributed by atoms with van der Waals surface area (Å²) in [4.78, 5) is 29.8. The number of ether oxygens (including phenoxy) is 1. The van der Waals surface area contributed by atoms with Gasteiger partial charge in [-0.3, -0.25) is 9.59 Å². The van der Waals surface area contributed by atoms with Crippen molar-refractivity contribution in [2.45, 2.75) is 26.7 Å². The molecule has 9 heteroatoms. The highest BCUT2D eigenvalue weighted by molar-refractivity contribution is 9.10. The van der Waals surface area contributed by atoms with Crippen LogP contribution in [0.2, 0.25) is 5.02 Å². The number of nitrogens with one attached hydrogen (secondary N) is 1. The van der Waals surface area contributed by atoms with Crippen molar-refractivity contribution in [3.05, 3.63) is 99.1 Å². The Hall–Kier alpha value is -3.62. The normalized spacial score (nSPS) is 16.8. The molecule has 0 unspecified atom stereocenters. The molecule has 0 fully saturated rings. The van der Waals surface area contributed by atoms with E-state index in [0.717, 1.165) is 39.1 Å². The van der Waals surface area contributed by atoms with Crippen LogP contribution in [0.4, 0.5) is 11.4 Å². The van der Waals surface area contributed by atoms with E-state index in [1.807, 2.05) is 72.8 Å². The van der Waals surface area contributed by atoms with Crippen molar-refractivity contribution in [1.82, 2.24) is 5.43 Å². The van der Waals surface area contributed by atoms with Gasteiger partial charge in [-0.15, -0.1) is 0 Å². The number of hydrazone groups is 1. The predicted molar refractivity (Wildman–Crippen MR) is 163 cm³/mol. The first kappa shape index (κ1) is 27.9. The summed E-state index contributed by atoms with van der Waals surface area (Å²) in [5.74, 6) is 0.409. The number of rotatable bonds is 7. The van der Waals surface area contributed by atoms with Gasteiger partial charge in [0.15, 0.2) is 12.4 Å². The average molecular weight is 622 g/mol. The molecule has 40 heavy (non-hydrogen) atoms. The fourth-order valence-electron chi connectivity index (χ4n) is 4.95. The van der Waals surface area contributed by atoms with E-state index in [1.165, 1.54) is 0 Å². The molecule has 0 saturated carbocycles. The Kier molecular flexibility index (Phi) is 8.28. The first-order valence-corrected chi connectivity index (χ1v) is 14.2. The predicted octanol–water partition coefficient (Wildman–Crippen LogP) is 6.56. The van der Waals surface area contributed by atoms with E-state index >= 15 is 0 Å². The summed E-state index contributed by atoms with van der Waals surface area (Å²) >= 11 is 9.54. The Labute approximate surface area is 247 Å². The van der Waals surface area contributed by atoms with Crippen LogP contribution < -0.4 is 20.0 Å². The summed E-state index contributed by atoms with van der Waals surface area (Å²) in [6, 6.07) is 22.9. The van der Waals surface area contributed by atoms with Crippen LogP contribution in [-0.4, -0.2) is 37.7 Å². The monoisotopic (exact) mass is 620 g/mol. The zero-order chi connectivity index (χ0) is 28.3. The van der Waals surface area contributed by atoms with Crippen LogP contribution in [-0.2, 0) is 9.59 Å². The van der Waals surface area contributed by atoms with Gasteiger partial charge < -0.3 is 14.5 Å². The molecule has 3 aromatic rings. The maximum absolute atomic E-state index is 13.2. The number of halogens is 2. The molecule has 206 valence electrons. The number of hydrogen-bond acceptors (Lipinski definition) is 6. The van der Waals surface area contributed by atoms with Gasteiger partial charge >= 0.3 is 0 Å². The minimum atomic E-state index is -0.356. The Morgan fingerprint density at radius 2 is 1.70 bits per heavy atom. The van der Waals surface area contributed by atoms with Crippen LogP contribution in [0, 0.1) is 5.41 Å². The number of Topliss-reactive ketones (excluding diaryl/α,β-unsaturated/α-hetero) is 1. The Bertz CT molecular complexity index is 1450. The Morgan fingerprint density at radius 1 is 1.02 bits per heavy atom. The van der Waals surface area contributed by atoms with E-state index in [9.17, 15) is 9.59 Å². The smallest absolute Gasteiger partial charge is 0.277 e. The maximum Gasteiger partial charge on any atom is 0.277 e. The first-order chi connectivity index (χ1) is 19.2. The van der Waals surface area contributed by atoms with E-state index in [2.05, 4.69) is 50.1 Å². The van der Waals surface area contributed by atoms with Gasteiger partial charge in [0.05, 0.1) is 12.9 Å². The van der Waals surface area contributed by atoms with E-state index in [-0.39, 0.29) is 23.7 Å². The van der Waals surface area contributed by atoms with Crippen molar-refractivity contribution in [3.8, 4) is 5.75 Å². The molecule has 1 amide bonds. The molecule has 1 N–H and O–H groups in total. The molecule has 0 atom stereocenters. The van der Waals surface area contributed by atoms with Crippen molar-refractivity contribution >= 4 is 56.8 Å². The van der Waals surface area contributed by atoms with Crippen LogP contribution in [0.1, 0.15) is 32.3 Å². The molecule has 1 aliphatic heterocycles. The summed E-state index contributed by atoms with van der Waals surface area (Å²) in [7, 11) is 0. The van der Waals surface area contributed by atoms with Gasteiger partial charge in [-0.2, -0.15) is 5.10 Å². The van der Waals surface area contributed by atoms with Gasteiger partial charge in [0.2, 0.25) is 0 Å². The molecule has 0 saturated heterocycles. The molecule has 0 bridgehead atoms. The fraction of sp³-hybridized carbons (Fsp3) is 0.258. The number of benzene rings is 3. The highest BCUT2D eigenvalue weighted by Gasteiger charge is 2.39. The number of carbonyl (C=O) groups excluding carboxylic acids is 2. The van der Waals surface area contributed by atoms with Crippen molar-refractivity contribution < 1.29 is 14.3 Å². The molecule has 1 heterocycles. The SMILES string of the molecule is CC1(C)CC(=O)C2=C(C1)N(c1ccc(Cl)cc1)CN(c1ccc(OCC(=O)N/N=C/c3ccc(Br)cc3)cc1)C2. The van der Waals surface area contributed by atoms with Crippen LogP contribution in [0.15, 0.2) is 93.6 Å². The minimum Gasteiger partial charge on any atom is -0.484 e. The lowest BCUT2D eigenvalue weighted by Crippen LogP contribution is -2.48. The summed E-state index contributed by atoms with van der Waals surface area (Å²) < 4.78 is 6.63. The lowest BCUT2D eigenvalue weighted by atomic mass is 9.74. The van der Waals surface area contributed by atoms with Crippen molar-refractivity contribution in [1.29, 1.82) is 0 Å². The third kappa shape index (κ3) is 6.74. The number of anilines is 2. The van der Waals surface area contributed by atoms with E-state index < -0.39 is 0 Å². The Balaban J connectivity index is 1.25. The van der Waals surface area contributed by atoms with E-state index in [1.54, 1.807) is 6.21 Å². The second kappa shape index (κ2) is 11.9. The van der Waals surface area contributed by atoms with E-state index in [4.69, 9.17) is 16.3 Å². The molecular weight excluding hydrogens is 592 g/mol. The molecule has 1 aliphatic carbocycles. The average Bonchev–Trinajstić information content (AvgIpc) is 2.93. The van der Waals surface area contributed by atoms with Crippen molar-refractivity contribution in [2.75, 3.05) is 29.6 Å². The molecule has 0 aromatic heterocycles. The minimum absolute atomic E-state index is 0.0850. The largest absolute Gasteiger partial charge is 0.484 e. The van der Waals surface area contributed by atoms with Crippen LogP contribution in [0.5, 0.6) is 5.75 Å². The number of allylic oxidation sites excluding steroid dienone is 1. The Morgan fingerprint density at radius 3 is 2.40 bits per heavy atom. The quantitative estimate of drug-likeness (QED) is 0.239. The number of hydrogen-bond donors (Lipinski definition) is 1. The van der Waals surface area contributed by atoms with Gasteiger partial charge in [0.1, 0.15) is 5.75 Å². The van der Waals surface area contributed by atoms with Gasteiger partial charge in [-0.25, -0.2) is 5.43 Å². The van der Waals surface area contributed by atoms with Gasteiger partial charge in [0.25, 0.3) is 5.91 Å². The molecule has 0 radical (unpaired) electrons. The second-order valence-electron chi connectivity index (χ2n) is 10.7. The van der Waals surface area contributed by atoms with Crippen LogP contribution in [0.25, 0.3) is 0 Å². The zero-order valence-electron chi connectivity index (χ0n) is 22.4. The lowest BCUT2D eigenvalue weighted by molar-refractivity contribution is -0.123. The number of ketones is 1. The molecule has 0 spiro atoms. The first-order valence-electron chi connectivity index (χ1n) is 13.0. The number of carbonyl (C=O) groups is 2. The zero-order valence-corrected chi connectivity index (χ0v) is 24.7. The number of nitrogens with zero attached hydrogens (tertiary/aromatic N) is 3. The number of amides is 1. The molecule has 2 aliphatic rings. The lowest BCUT2D eigenvalue weighted by Gasteiger charge is -2.45. The highest BCUT2D eigenvalue weighted by atomic mass is 79.9. The molecule has 5 rings (SSSR count). The van der Waals surface area contributed by atoms with Crippen LogP contribution >= 0.6 is 27.5 Å². The summed E-state index contributed by atoms with van der Waals surface area (Å²) in [5.41, 5.74) is 7.17. The van der Waals surface area contributed by atoms with Gasteiger partial charge in [-0.05, 0) is 78.1 Å². The second-order valence-corrected chi connectivity index (χ2v) is 12.1. The molecule has 3 aromatic carbocycles. The molecule has 7 nitrogen and oxygen atoms in total. The van der Waals surface area contributed by atoms with Gasteiger partial charge in [-0.1, -0.05) is 53.5 Å². The summed E-state index contributed by atoms with van der Waals surface area (Å²) in [5, 5.41) is 4.65. The molecular formula is C31H30BrClN4O3. The maximum atomic E-state index is 13.2. The fourth-order valence-corrected chi connectivity index (χ4v) is 5.34. The van der Waals surface area contributed by atoms with Crippen molar-refractivity contribution in [3.63, 3.8) is 0 Å². The third-order valence-electron chi connectivity index (χ3n) is 6.94. The summed E-state index contributed by atoms with van der Waals surface area (Å²) in [6.07, 6.45) is 2.95. The highest BCUT2D eigenvalue weighted by Crippen LogP contribution is 2.42. The van der Waals surface area contributed by atoms with Gasteiger partial charge in [0, 0.05) is 45.1 Å². The summed E-state index contributed by atoms with van der Waals surface area (Å²) in [6.45, 7) is 5.28. The topological polar surface area (TPSA) is 74.2 Å². The van der Waals surface area contributed by atoms with E-state index in [0.29, 0.717) is 30.4 Å². The standard InChI is InChI=1S/C31H30BrClN4O3/c1-31(2)15-28-27(29(38)16-31)18-36(20-37(28)25-9-7-23(33)8-10-25)24-11-13-26(14-12-24)40-19-30(39)35-34-17-21-3-5-22(32)6-4-21/h3-14,17H,15-16,18-20H2,1-2H3,(H,35,39)/b34-17+. The third-order valence-corrected chi connectivity index (χ3v) is 7.72. The van der Waals surface area contributed by atoms with Crippen molar-refractivity contribution in [2.24, 2.45) is 10.5 Å².